The number of rotatable bonds is 1. The molecule has 0 fully saturated rings. The molecule has 0 bridgehead atoms. The Morgan fingerprint density at radius 1 is 0.923 bits per heavy atom. The molecule has 0 heterocycles. The van der Waals surface area contributed by atoms with E-state index in [0.29, 0.717) is 0 Å². The highest BCUT2D eigenvalue weighted by Gasteiger charge is 2.28. The van der Waals surface area contributed by atoms with Crippen LogP contribution in [-0.4, -0.2) is 24.3 Å². The van der Waals surface area contributed by atoms with Crippen LogP contribution in [0.5, 0.6) is 0 Å². The Morgan fingerprint density at radius 3 is 1.77 bits per heavy atom. The number of alkyl halides is 3. The van der Waals surface area contributed by atoms with Crippen LogP contribution >= 0.6 is 0 Å². The first-order valence-corrected chi connectivity index (χ1v) is 3.05. The average Bonchev–Trinajstić information content (AvgIpc) is 1.85. The molecule has 13 heavy (non-hydrogen) atoms. The molecule has 4 N–H and O–H groups in total. The van der Waals surface area contributed by atoms with Crippen molar-refractivity contribution in [2.45, 2.75) is 6.08 Å². The van der Waals surface area contributed by atoms with E-state index in [1.165, 1.54) is 12.1 Å². The fourth-order valence-corrected chi connectivity index (χ4v) is 0.738. The fraction of sp³-hybridized carbons (Fsp3) is 0.143. The van der Waals surface area contributed by atoms with Crippen LogP contribution in [-0.2, 0) is 0 Å². The first kappa shape index (κ1) is 14.5. The summed E-state index contributed by atoms with van der Waals surface area (Å²) in [6.45, 7) is 0. The molecular formula is C7H9BF3O2. The van der Waals surface area contributed by atoms with E-state index in [1.54, 1.807) is 18.2 Å². The fourth-order valence-electron chi connectivity index (χ4n) is 0.738. The first-order chi connectivity index (χ1) is 5.08. The van der Waals surface area contributed by atoms with Crippen LogP contribution in [0, 0.1) is 0 Å². The molecule has 0 aliphatic rings. The SMILES string of the molecule is FC(F)(F)[B]c1ccccc1.O.O. The van der Waals surface area contributed by atoms with E-state index in [2.05, 4.69) is 0 Å². The number of benzene rings is 1. The molecule has 0 spiro atoms. The summed E-state index contributed by atoms with van der Waals surface area (Å²) in [4.78, 5) is 0. The van der Waals surface area contributed by atoms with E-state index in [9.17, 15) is 13.2 Å². The molecule has 0 aliphatic carbocycles. The van der Waals surface area contributed by atoms with Crippen LogP contribution in [0.1, 0.15) is 0 Å². The standard InChI is InChI=1S/C7H5BF3.2H2O/c9-7(10,11)8-6-4-2-1-3-5-6;;/h1-5H;2*1H2. The largest absolute Gasteiger partial charge is 0.412 e. The van der Waals surface area contributed by atoms with Crippen LogP contribution in [0.4, 0.5) is 13.2 Å². The van der Waals surface area contributed by atoms with Gasteiger partial charge in [-0.05, 0) is 0 Å². The molecule has 6 heteroatoms. The Hall–Kier alpha value is -1.01. The predicted octanol–water partition coefficient (Wildman–Crippen LogP) is -0.113. The van der Waals surface area contributed by atoms with E-state index in [-0.39, 0.29) is 23.7 Å². The van der Waals surface area contributed by atoms with Gasteiger partial charge in [0.1, 0.15) is 0 Å². The van der Waals surface area contributed by atoms with Crippen molar-refractivity contribution < 1.29 is 24.1 Å². The smallest absolute Gasteiger partial charge is 0.344 e. The summed E-state index contributed by atoms with van der Waals surface area (Å²) in [6, 6.07) is 7.63. The lowest BCUT2D eigenvalue weighted by Gasteiger charge is -2.03. The third-order valence-electron chi connectivity index (χ3n) is 1.13. The summed E-state index contributed by atoms with van der Waals surface area (Å²) < 4.78 is 35.1. The predicted molar refractivity (Wildman–Crippen MR) is 45.1 cm³/mol. The van der Waals surface area contributed by atoms with Crippen LogP contribution < -0.4 is 5.46 Å². The third kappa shape index (κ3) is 6.18. The minimum atomic E-state index is -4.22. The topological polar surface area (TPSA) is 63.0 Å². The van der Waals surface area contributed by atoms with Gasteiger partial charge in [-0.1, -0.05) is 35.8 Å². The van der Waals surface area contributed by atoms with Crippen molar-refractivity contribution in [2.24, 2.45) is 0 Å². The van der Waals surface area contributed by atoms with E-state index in [4.69, 9.17) is 0 Å². The summed E-state index contributed by atoms with van der Waals surface area (Å²) in [6.07, 6.45) is -4.22. The maximum Gasteiger partial charge on any atom is 0.344 e. The highest BCUT2D eigenvalue weighted by Crippen LogP contribution is 2.11. The Labute approximate surface area is 74.2 Å². The molecule has 0 atom stereocenters. The van der Waals surface area contributed by atoms with E-state index < -0.39 is 6.08 Å². The molecule has 1 aromatic rings. The van der Waals surface area contributed by atoms with Crippen molar-refractivity contribution in [3.8, 4) is 0 Å². The lowest BCUT2D eigenvalue weighted by atomic mass is 9.70. The van der Waals surface area contributed by atoms with Crippen molar-refractivity contribution in [1.82, 2.24) is 0 Å². The molecule has 1 rings (SSSR count). The molecule has 0 aromatic heterocycles. The molecular weight excluding hydrogens is 184 g/mol. The molecule has 0 unspecified atom stereocenters. The van der Waals surface area contributed by atoms with Gasteiger partial charge >= 0.3 is 6.08 Å². The van der Waals surface area contributed by atoms with E-state index >= 15 is 0 Å². The zero-order chi connectivity index (χ0) is 8.32. The van der Waals surface area contributed by atoms with Gasteiger partial charge in [0.05, 0.1) is 0 Å². The van der Waals surface area contributed by atoms with Gasteiger partial charge in [0.2, 0.25) is 0 Å². The van der Waals surface area contributed by atoms with Crippen molar-refractivity contribution >= 4 is 12.7 Å². The second-order valence-corrected chi connectivity index (χ2v) is 2.10. The Balaban J connectivity index is 0. The second-order valence-electron chi connectivity index (χ2n) is 2.10. The maximum atomic E-state index is 11.7. The highest BCUT2D eigenvalue weighted by atomic mass is 19.4. The maximum absolute atomic E-state index is 11.7. The zero-order valence-electron chi connectivity index (χ0n) is 6.60. The van der Waals surface area contributed by atoms with Crippen molar-refractivity contribution in [1.29, 1.82) is 0 Å². The minimum absolute atomic E-state index is 0. The summed E-state index contributed by atoms with van der Waals surface area (Å²) >= 11 is 0. The molecule has 0 saturated carbocycles. The minimum Gasteiger partial charge on any atom is -0.412 e. The van der Waals surface area contributed by atoms with E-state index in [0.717, 1.165) is 0 Å². The lowest BCUT2D eigenvalue weighted by molar-refractivity contribution is -0.0455. The molecule has 0 saturated heterocycles. The lowest BCUT2D eigenvalue weighted by Crippen LogP contribution is -2.29. The number of hydrogen-bond acceptors (Lipinski definition) is 0. The quantitative estimate of drug-likeness (QED) is 0.558. The summed E-state index contributed by atoms with van der Waals surface area (Å²) in [5.74, 6) is 0. The van der Waals surface area contributed by atoms with Crippen molar-refractivity contribution in [3.05, 3.63) is 30.3 Å². The zero-order valence-corrected chi connectivity index (χ0v) is 6.60. The van der Waals surface area contributed by atoms with Crippen LogP contribution in [0.15, 0.2) is 30.3 Å². The Morgan fingerprint density at radius 2 is 1.38 bits per heavy atom. The average molecular weight is 193 g/mol. The van der Waals surface area contributed by atoms with Crippen LogP contribution in [0.3, 0.4) is 0 Å². The van der Waals surface area contributed by atoms with Gasteiger partial charge in [-0.3, -0.25) is 0 Å². The van der Waals surface area contributed by atoms with Gasteiger partial charge in [-0.25, -0.2) is 0 Å². The van der Waals surface area contributed by atoms with Crippen LogP contribution in [0.25, 0.3) is 0 Å². The van der Waals surface area contributed by atoms with Gasteiger partial charge in [0.15, 0.2) is 0 Å². The van der Waals surface area contributed by atoms with Gasteiger partial charge < -0.3 is 11.0 Å². The Bertz CT molecular complexity index is 225. The third-order valence-corrected chi connectivity index (χ3v) is 1.13. The van der Waals surface area contributed by atoms with Gasteiger partial charge in [-0.15, -0.1) is 0 Å². The van der Waals surface area contributed by atoms with Gasteiger partial charge in [-0.2, -0.15) is 13.2 Å². The monoisotopic (exact) mass is 193 g/mol. The molecule has 1 aromatic carbocycles. The summed E-state index contributed by atoms with van der Waals surface area (Å²) in [5, 5.41) is 0. The number of hydrogen-bond donors (Lipinski definition) is 0. The number of halogens is 3. The summed E-state index contributed by atoms with van der Waals surface area (Å²) in [7, 11) is 0.271. The van der Waals surface area contributed by atoms with Gasteiger partial charge in [0, 0.05) is 0 Å². The molecule has 2 nitrogen and oxygen atoms in total. The highest BCUT2D eigenvalue weighted by molar-refractivity contribution is 6.55. The molecule has 73 valence electrons. The molecule has 0 aliphatic heterocycles. The van der Waals surface area contributed by atoms with Gasteiger partial charge in [0.25, 0.3) is 7.28 Å². The molecule has 1 radical (unpaired) electrons. The Kier molecular flexibility index (Phi) is 6.26. The first-order valence-electron chi connectivity index (χ1n) is 3.05. The molecule has 0 amide bonds. The van der Waals surface area contributed by atoms with Crippen molar-refractivity contribution in [3.63, 3.8) is 0 Å². The summed E-state index contributed by atoms with van der Waals surface area (Å²) in [5.41, 5.74) is 0.181. The second kappa shape index (κ2) is 5.61. The van der Waals surface area contributed by atoms with E-state index in [1.807, 2.05) is 0 Å². The van der Waals surface area contributed by atoms with Crippen LogP contribution in [0.2, 0.25) is 0 Å². The normalized spacial score (nSPS) is 9.46. The van der Waals surface area contributed by atoms with Crippen molar-refractivity contribution in [2.75, 3.05) is 0 Å².